The molecule has 0 aliphatic carbocycles. The van der Waals surface area contributed by atoms with Crippen molar-refractivity contribution in [2.45, 2.75) is 39.0 Å². The zero-order valence-corrected chi connectivity index (χ0v) is 16.3. The van der Waals surface area contributed by atoms with Crippen LogP contribution in [0.1, 0.15) is 39.0 Å². The van der Waals surface area contributed by atoms with Crippen LogP contribution in [0.3, 0.4) is 0 Å². The first-order valence-corrected chi connectivity index (χ1v) is 8.80. The first-order chi connectivity index (χ1) is 8.07. The van der Waals surface area contributed by atoms with E-state index in [0.717, 1.165) is 18.0 Å². The number of rotatable bonds is 8. The highest BCUT2D eigenvalue weighted by Crippen LogP contribution is 2.25. The van der Waals surface area contributed by atoms with Gasteiger partial charge in [-0.2, -0.15) is 0 Å². The molecule has 17 heavy (non-hydrogen) atoms. The molecule has 0 heterocycles. The van der Waals surface area contributed by atoms with Gasteiger partial charge in [-0.15, -0.1) is 0 Å². The van der Waals surface area contributed by atoms with E-state index in [0.29, 0.717) is 13.2 Å². The zero-order valence-electron chi connectivity index (χ0n) is 9.81. The molecule has 0 rings (SSSR count). The third-order valence-corrected chi connectivity index (χ3v) is 6.21. The molecule has 0 fully saturated rings. The number of halogens is 3. The standard InChI is InChI=1S/C11H17I3O3/c1-2-3-4-5-6-7-16-11(15)17-8-9(12)10(13)14/h2-8H2,1H3. The smallest absolute Gasteiger partial charge is 0.434 e. The Morgan fingerprint density at radius 2 is 1.65 bits per heavy atom. The summed E-state index contributed by atoms with van der Waals surface area (Å²) in [6.45, 7) is 2.94. The predicted molar refractivity (Wildman–Crippen MR) is 95.1 cm³/mol. The summed E-state index contributed by atoms with van der Waals surface area (Å²) in [4.78, 5) is 11.2. The van der Waals surface area contributed by atoms with Crippen LogP contribution in [0.25, 0.3) is 0 Å². The van der Waals surface area contributed by atoms with Gasteiger partial charge in [-0.05, 0) is 74.2 Å². The maximum Gasteiger partial charge on any atom is 0.508 e. The van der Waals surface area contributed by atoms with Crippen LogP contribution in [0.5, 0.6) is 0 Å². The van der Waals surface area contributed by atoms with Gasteiger partial charge in [0.25, 0.3) is 0 Å². The molecule has 0 unspecified atom stereocenters. The molecule has 0 atom stereocenters. The summed E-state index contributed by atoms with van der Waals surface area (Å²) < 4.78 is 12.0. The van der Waals surface area contributed by atoms with E-state index >= 15 is 0 Å². The van der Waals surface area contributed by atoms with Crippen LogP contribution in [0, 0.1) is 0 Å². The Kier molecular flexibility index (Phi) is 13.1. The lowest BCUT2D eigenvalue weighted by molar-refractivity contribution is 0.0617. The van der Waals surface area contributed by atoms with Crippen LogP contribution in [-0.2, 0) is 9.47 Å². The van der Waals surface area contributed by atoms with Crippen molar-refractivity contribution in [1.29, 1.82) is 0 Å². The van der Waals surface area contributed by atoms with E-state index in [9.17, 15) is 4.79 Å². The molecule has 0 aliphatic heterocycles. The molecular weight excluding hydrogens is 561 g/mol. The second kappa shape index (κ2) is 12.2. The molecule has 3 nitrogen and oxygen atoms in total. The predicted octanol–water partition coefficient (Wildman–Crippen LogP) is 5.58. The largest absolute Gasteiger partial charge is 0.508 e. The molecule has 0 N–H and O–H groups in total. The van der Waals surface area contributed by atoms with Crippen LogP contribution in [0.15, 0.2) is 5.17 Å². The summed E-state index contributed by atoms with van der Waals surface area (Å²) >= 11 is 6.54. The first kappa shape index (κ1) is 18.2. The van der Waals surface area contributed by atoms with E-state index < -0.39 is 6.16 Å². The number of ether oxygens (including phenoxy) is 2. The van der Waals surface area contributed by atoms with Crippen molar-refractivity contribution in [1.82, 2.24) is 0 Å². The van der Waals surface area contributed by atoms with Gasteiger partial charge in [0.2, 0.25) is 0 Å². The minimum atomic E-state index is -0.566. The summed E-state index contributed by atoms with van der Waals surface area (Å²) in [6, 6.07) is 0. The number of unbranched alkanes of at least 4 members (excludes halogenated alkanes) is 4. The first-order valence-electron chi connectivity index (χ1n) is 5.57. The van der Waals surface area contributed by atoms with Gasteiger partial charge in [0.05, 0.1) is 8.19 Å². The fraction of sp³-hybridized carbons (Fsp3) is 0.727. The van der Waals surface area contributed by atoms with Crippen LogP contribution in [-0.4, -0.2) is 19.4 Å². The summed E-state index contributed by atoms with van der Waals surface area (Å²) in [5, 5.41) is 0. The molecule has 0 aromatic carbocycles. The van der Waals surface area contributed by atoms with Crippen molar-refractivity contribution >= 4 is 73.9 Å². The number of hydrogen-bond acceptors (Lipinski definition) is 3. The maximum absolute atomic E-state index is 11.2. The molecule has 100 valence electrons. The Hall–Kier alpha value is 1.20. The highest BCUT2D eigenvalue weighted by Gasteiger charge is 2.05. The summed E-state index contributed by atoms with van der Waals surface area (Å²) in [5.74, 6) is 0. The molecule has 0 aliphatic rings. The van der Waals surface area contributed by atoms with E-state index in [2.05, 4.69) is 74.7 Å². The Labute approximate surface area is 144 Å². The van der Waals surface area contributed by atoms with Crippen LogP contribution >= 0.6 is 67.8 Å². The van der Waals surface area contributed by atoms with Crippen molar-refractivity contribution < 1.29 is 14.3 Å². The van der Waals surface area contributed by atoms with E-state index in [1.165, 1.54) is 19.3 Å². The van der Waals surface area contributed by atoms with E-state index in [-0.39, 0.29) is 0 Å². The molecule has 6 heteroatoms. The molecular formula is C11H17I3O3. The van der Waals surface area contributed by atoms with Crippen LogP contribution < -0.4 is 0 Å². The lowest BCUT2D eigenvalue weighted by atomic mass is 10.2. The summed E-state index contributed by atoms with van der Waals surface area (Å²) in [6.07, 6.45) is 5.16. The molecule has 0 amide bonds. The monoisotopic (exact) mass is 578 g/mol. The average Bonchev–Trinajstić information content (AvgIpc) is 2.30. The van der Waals surface area contributed by atoms with Gasteiger partial charge < -0.3 is 9.47 Å². The van der Waals surface area contributed by atoms with E-state index in [4.69, 9.17) is 9.47 Å². The van der Waals surface area contributed by atoms with Crippen LogP contribution in [0.2, 0.25) is 0 Å². The molecule has 0 saturated heterocycles. The highest BCUT2D eigenvalue weighted by molar-refractivity contribution is 14.2. The molecule has 0 bridgehead atoms. The third-order valence-electron chi connectivity index (χ3n) is 1.99. The fourth-order valence-electron chi connectivity index (χ4n) is 1.08. The molecule has 0 aromatic rings. The van der Waals surface area contributed by atoms with Gasteiger partial charge in [0.15, 0.2) is 0 Å². The summed E-state index contributed by atoms with van der Waals surface area (Å²) in [7, 11) is 0. The third kappa shape index (κ3) is 12.0. The zero-order chi connectivity index (χ0) is 13.1. The van der Waals surface area contributed by atoms with E-state index in [1.807, 2.05) is 0 Å². The van der Waals surface area contributed by atoms with Gasteiger partial charge in [-0.3, -0.25) is 0 Å². The SMILES string of the molecule is CCCCCCCOC(=O)OCC(I)=C(I)I. The Morgan fingerprint density at radius 1 is 1.00 bits per heavy atom. The number of carbonyl (C=O) groups excluding carboxylic acids is 1. The molecule has 0 spiro atoms. The molecule has 0 saturated carbocycles. The second-order valence-corrected chi connectivity index (χ2v) is 8.99. The Morgan fingerprint density at radius 3 is 2.24 bits per heavy atom. The maximum atomic E-state index is 11.2. The van der Waals surface area contributed by atoms with Gasteiger partial charge in [-0.1, -0.05) is 32.6 Å². The highest BCUT2D eigenvalue weighted by atomic mass is 127. The number of carbonyl (C=O) groups is 1. The fourth-order valence-corrected chi connectivity index (χ4v) is 1.55. The van der Waals surface area contributed by atoms with Crippen molar-refractivity contribution in [3.05, 3.63) is 5.17 Å². The Bertz CT molecular complexity index is 250. The molecule has 0 radical (unpaired) electrons. The average molecular weight is 578 g/mol. The van der Waals surface area contributed by atoms with Crippen molar-refractivity contribution in [3.8, 4) is 0 Å². The quantitative estimate of drug-likeness (QED) is 0.215. The minimum Gasteiger partial charge on any atom is -0.434 e. The summed E-state index contributed by atoms with van der Waals surface area (Å²) in [5.41, 5.74) is 0. The van der Waals surface area contributed by atoms with E-state index in [1.54, 1.807) is 0 Å². The molecule has 0 aromatic heterocycles. The van der Waals surface area contributed by atoms with Crippen LogP contribution in [0.4, 0.5) is 4.79 Å². The van der Waals surface area contributed by atoms with Crippen molar-refractivity contribution in [2.24, 2.45) is 0 Å². The van der Waals surface area contributed by atoms with Gasteiger partial charge in [0, 0.05) is 3.58 Å². The topological polar surface area (TPSA) is 35.5 Å². The lowest BCUT2D eigenvalue weighted by Crippen LogP contribution is -2.09. The van der Waals surface area contributed by atoms with Crippen molar-refractivity contribution in [2.75, 3.05) is 13.2 Å². The van der Waals surface area contributed by atoms with Gasteiger partial charge in [0.1, 0.15) is 6.61 Å². The van der Waals surface area contributed by atoms with Gasteiger partial charge >= 0.3 is 6.16 Å². The Balaban J connectivity index is 3.45. The van der Waals surface area contributed by atoms with Crippen molar-refractivity contribution in [3.63, 3.8) is 0 Å². The second-order valence-electron chi connectivity index (χ2n) is 3.47. The lowest BCUT2D eigenvalue weighted by Gasteiger charge is -2.06. The minimum absolute atomic E-state index is 0.302. The normalized spacial score (nSPS) is 9.88. The van der Waals surface area contributed by atoms with Gasteiger partial charge in [-0.25, -0.2) is 4.79 Å². The number of hydrogen-bond donors (Lipinski definition) is 0.